The highest BCUT2D eigenvalue weighted by Crippen LogP contribution is 2.41. The first-order chi connectivity index (χ1) is 7.65. The lowest BCUT2D eigenvalue weighted by molar-refractivity contribution is -0.162. The zero-order valence-corrected chi connectivity index (χ0v) is 10.0. The van der Waals surface area contributed by atoms with Crippen molar-refractivity contribution >= 4 is 23.6 Å². The molecule has 1 aliphatic carbocycles. The van der Waals surface area contributed by atoms with Crippen LogP contribution in [-0.2, 0) is 9.59 Å². The third-order valence-electron chi connectivity index (χ3n) is 3.57. The summed E-state index contributed by atoms with van der Waals surface area (Å²) in [5.41, 5.74) is -1.11. The zero-order valence-electron chi connectivity index (χ0n) is 9.20. The maximum atomic E-state index is 11.8. The highest BCUT2D eigenvalue weighted by Gasteiger charge is 2.51. The number of hydrogen-bond acceptors (Lipinski definition) is 3. The van der Waals surface area contributed by atoms with Crippen molar-refractivity contribution in [1.29, 1.82) is 0 Å². The van der Waals surface area contributed by atoms with Gasteiger partial charge in [-0.1, -0.05) is 6.42 Å². The van der Waals surface area contributed by atoms with Crippen LogP contribution in [-0.4, -0.2) is 34.5 Å². The van der Waals surface area contributed by atoms with E-state index in [2.05, 4.69) is 5.32 Å². The Bertz CT molecular complexity index is 296. The van der Waals surface area contributed by atoms with Crippen LogP contribution in [0.15, 0.2) is 0 Å². The minimum atomic E-state index is -1.11. The van der Waals surface area contributed by atoms with Gasteiger partial charge in [0.1, 0.15) is 5.41 Å². The summed E-state index contributed by atoms with van der Waals surface area (Å²) >= 11 is 1.87. The zero-order chi connectivity index (χ0) is 11.6. The van der Waals surface area contributed by atoms with Crippen molar-refractivity contribution in [3.8, 4) is 0 Å². The van der Waals surface area contributed by atoms with Crippen molar-refractivity contribution in [2.75, 3.05) is 12.3 Å². The average molecular weight is 243 g/mol. The number of aliphatic carboxylic acids is 1. The van der Waals surface area contributed by atoms with Gasteiger partial charge in [0.15, 0.2) is 0 Å². The first-order valence-electron chi connectivity index (χ1n) is 5.78. The molecule has 1 heterocycles. The highest BCUT2D eigenvalue weighted by molar-refractivity contribution is 8.00. The van der Waals surface area contributed by atoms with Gasteiger partial charge < -0.3 is 10.4 Å². The second-order valence-electron chi connectivity index (χ2n) is 4.59. The van der Waals surface area contributed by atoms with Crippen LogP contribution in [0.1, 0.15) is 32.1 Å². The average Bonchev–Trinajstić information content (AvgIpc) is 2.64. The second kappa shape index (κ2) is 4.65. The Kier molecular flexibility index (Phi) is 3.42. The Morgan fingerprint density at radius 3 is 2.56 bits per heavy atom. The van der Waals surface area contributed by atoms with Crippen LogP contribution in [0.2, 0.25) is 0 Å². The van der Waals surface area contributed by atoms with Crippen LogP contribution in [0.4, 0.5) is 0 Å². The third-order valence-corrected chi connectivity index (χ3v) is 4.96. The predicted octanol–water partition coefficient (Wildman–Crippen LogP) is 1.25. The number of hydrogen-bond donors (Lipinski definition) is 2. The third kappa shape index (κ3) is 2.05. The molecule has 1 saturated heterocycles. The van der Waals surface area contributed by atoms with E-state index in [4.69, 9.17) is 5.11 Å². The number of carbonyl (C=O) groups is 2. The standard InChI is InChI=1S/C11H17NO3S/c13-9(11(10(14)15)4-2-5-11)12-7-8-3-1-6-16-8/h8H,1-7H2,(H,12,13)(H,14,15). The molecular formula is C11H17NO3S. The number of rotatable bonds is 4. The molecule has 2 N–H and O–H groups in total. The Morgan fingerprint density at radius 1 is 1.38 bits per heavy atom. The van der Waals surface area contributed by atoms with Crippen molar-refractivity contribution < 1.29 is 14.7 Å². The molecule has 2 rings (SSSR count). The molecule has 1 aliphatic heterocycles. The number of carboxylic acid groups (broad SMARTS) is 1. The summed E-state index contributed by atoms with van der Waals surface area (Å²) in [5.74, 6) is -0.0842. The molecule has 1 unspecified atom stereocenters. The maximum absolute atomic E-state index is 11.8. The van der Waals surface area contributed by atoms with E-state index in [0.717, 1.165) is 18.6 Å². The van der Waals surface area contributed by atoms with Gasteiger partial charge in [-0.15, -0.1) is 0 Å². The van der Waals surface area contributed by atoms with Gasteiger partial charge in [-0.25, -0.2) is 0 Å². The molecule has 5 heteroatoms. The van der Waals surface area contributed by atoms with Crippen LogP contribution in [0.25, 0.3) is 0 Å². The monoisotopic (exact) mass is 243 g/mol. The van der Waals surface area contributed by atoms with E-state index in [1.165, 1.54) is 6.42 Å². The molecule has 2 aliphatic rings. The van der Waals surface area contributed by atoms with E-state index in [1.54, 1.807) is 0 Å². The van der Waals surface area contributed by atoms with Crippen molar-refractivity contribution in [2.45, 2.75) is 37.4 Å². The molecule has 90 valence electrons. The number of nitrogens with one attached hydrogen (secondary N) is 1. The quantitative estimate of drug-likeness (QED) is 0.729. The van der Waals surface area contributed by atoms with Gasteiger partial charge in [-0.2, -0.15) is 11.8 Å². The summed E-state index contributed by atoms with van der Waals surface area (Å²) in [5, 5.41) is 12.4. The van der Waals surface area contributed by atoms with E-state index < -0.39 is 11.4 Å². The lowest BCUT2D eigenvalue weighted by atomic mass is 9.68. The van der Waals surface area contributed by atoms with Crippen LogP contribution in [0.3, 0.4) is 0 Å². The van der Waals surface area contributed by atoms with Crippen molar-refractivity contribution in [3.05, 3.63) is 0 Å². The number of carboxylic acids is 1. The summed E-state index contributed by atoms with van der Waals surface area (Å²) in [6.07, 6.45) is 4.16. The summed E-state index contributed by atoms with van der Waals surface area (Å²) in [7, 11) is 0. The summed E-state index contributed by atoms with van der Waals surface area (Å²) in [6.45, 7) is 0.624. The molecule has 0 radical (unpaired) electrons. The molecule has 1 atom stereocenters. The van der Waals surface area contributed by atoms with Gasteiger partial charge in [0.2, 0.25) is 5.91 Å². The molecule has 1 amide bonds. The molecule has 0 aromatic carbocycles. The van der Waals surface area contributed by atoms with Crippen LogP contribution in [0.5, 0.6) is 0 Å². The Balaban J connectivity index is 1.84. The molecule has 0 spiro atoms. The van der Waals surface area contributed by atoms with E-state index in [-0.39, 0.29) is 5.91 Å². The van der Waals surface area contributed by atoms with Gasteiger partial charge in [0.05, 0.1) is 0 Å². The summed E-state index contributed by atoms with van der Waals surface area (Å²) < 4.78 is 0. The molecule has 0 bridgehead atoms. The van der Waals surface area contributed by atoms with Crippen LogP contribution >= 0.6 is 11.8 Å². The Labute approximate surface area is 99.2 Å². The first kappa shape index (κ1) is 11.8. The topological polar surface area (TPSA) is 66.4 Å². The van der Waals surface area contributed by atoms with E-state index in [0.29, 0.717) is 24.6 Å². The van der Waals surface area contributed by atoms with Crippen LogP contribution < -0.4 is 5.32 Å². The number of carbonyl (C=O) groups excluding carboxylic acids is 1. The SMILES string of the molecule is O=C(O)C1(C(=O)NCC2CCCS2)CCC1. The van der Waals surface area contributed by atoms with E-state index >= 15 is 0 Å². The Hall–Kier alpha value is -0.710. The Morgan fingerprint density at radius 2 is 2.12 bits per heavy atom. The fourth-order valence-corrected chi connectivity index (χ4v) is 3.45. The smallest absolute Gasteiger partial charge is 0.319 e. The van der Waals surface area contributed by atoms with Crippen molar-refractivity contribution in [3.63, 3.8) is 0 Å². The molecule has 1 saturated carbocycles. The fourth-order valence-electron chi connectivity index (χ4n) is 2.25. The molecule has 2 fully saturated rings. The van der Waals surface area contributed by atoms with Crippen molar-refractivity contribution in [2.24, 2.45) is 5.41 Å². The van der Waals surface area contributed by atoms with Gasteiger partial charge in [0, 0.05) is 11.8 Å². The molecule has 0 aromatic heterocycles. The van der Waals surface area contributed by atoms with Gasteiger partial charge in [-0.05, 0) is 31.4 Å². The fraction of sp³-hybridized carbons (Fsp3) is 0.818. The molecule has 4 nitrogen and oxygen atoms in total. The summed E-state index contributed by atoms with van der Waals surface area (Å²) in [4.78, 5) is 22.9. The number of thioether (sulfide) groups is 1. The largest absolute Gasteiger partial charge is 0.480 e. The van der Waals surface area contributed by atoms with Gasteiger partial charge in [0.25, 0.3) is 0 Å². The predicted molar refractivity (Wildman–Crippen MR) is 62.4 cm³/mol. The van der Waals surface area contributed by atoms with E-state index in [9.17, 15) is 9.59 Å². The maximum Gasteiger partial charge on any atom is 0.319 e. The van der Waals surface area contributed by atoms with Gasteiger partial charge >= 0.3 is 5.97 Å². The molecule has 0 aromatic rings. The highest BCUT2D eigenvalue weighted by atomic mass is 32.2. The lowest BCUT2D eigenvalue weighted by Gasteiger charge is -2.36. The lowest BCUT2D eigenvalue weighted by Crippen LogP contribution is -2.52. The van der Waals surface area contributed by atoms with Crippen LogP contribution in [0, 0.1) is 5.41 Å². The second-order valence-corrected chi connectivity index (χ2v) is 5.99. The minimum absolute atomic E-state index is 0.279. The van der Waals surface area contributed by atoms with Crippen molar-refractivity contribution in [1.82, 2.24) is 5.32 Å². The van der Waals surface area contributed by atoms with E-state index in [1.807, 2.05) is 11.8 Å². The molecule has 16 heavy (non-hydrogen) atoms. The summed E-state index contributed by atoms with van der Waals surface area (Å²) in [6, 6.07) is 0. The number of amides is 1. The minimum Gasteiger partial charge on any atom is -0.480 e. The first-order valence-corrected chi connectivity index (χ1v) is 6.83. The normalized spacial score (nSPS) is 27.1. The molecular weight excluding hydrogens is 226 g/mol. The van der Waals surface area contributed by atoms with Gasteiger partial charge in [-0.3, -0.25) is 9.59 Å².